The molecule has 5 nitrogen and oxygen atoms in total. The number of hydrogen-bond acceptors (Lipinski definition) is 4. The zero-order valence-corrected chi connectivity index (χ0v) is 17.7. The quantitative estimate of drug-likeness (QED) is 0.723. The highest BCUT2D eigenvalue weighted by Gasteiger charge is 2.32. The van der Waals surface area contributed by atoms with Crippen LogP contribution in [0.4, 0.5) is 0 Å². The van der Waals surface area contributed by atoms with E-state index in [0.717, 1.165) is 16.7 Å². The van der Waals surface area contributed by atoms with E-state index in [9.17, 15) is 8.42 Å². The molecule has 1 unspecified atom stereocenters. The Morgan fingerprint density at radius 1 is 1.07 bits per heavy atom. The summed E-state index contributed by atoms with van der Waals surface area (Å²) in [6.07, 6.45) is -0.426. The SMILES string of the molecule is COc1c(C)cc(S(=O)(=O)N2CCOC(c3cc(Cl)cc(Cl)c3)C2)cc1C. The van der Waals surface area contributed by atoms with Crippen LogP contribution in [0, 0.1) is 13.8 Å². The predicted molar refractivity (Wildman–Crippen MR) is 106 cm³/mol. The van der Waals surface area contributed by atoms with Gasteiger partial charge in [0.05, 0.1) is 24.7 Å². The van der Waals surface area contributed by atoms with E-state index < -0.39 is 16.1 Å². The summed E-state index contributed by atoms with van der Waals surface area (Å²) >= 11 is 12.1. The number of rotatable bonds is 4. The smallest absolute Gasteiger partial charge is 0.243 e. The summed E-state index contributed by atoms with van der Waals surface area (Å²) < 4.78 is 38.9. The third-order valence-electron chi connectivity index (χ3n) is 4.56. The van der Waals surface area contributed by atoms with Gasteiger partial charge in [-0.05, 0) is 60.9 Å². The van der Waals surface area contributed by atoms with Crippen LogP contribution in [0.3, 0.4) is 0 Å². The minimum Gasteiger partial charge on any atom is -0.496 e. The Bertz CT molecular complexity index is 919. The van der Waals surface area contributed by atoms with Gasteiger partial charge in [-0.2, -0.15) is 4.31 Å². The minimum absolute atomic E-state index is 0.198. The van der Waals surface area contributed by atoms with E-state index >= 15 is 0 Å². The summed E-state index contributed by atoms with van der Waals surface area (Å²) in [4.78, 5) is 0.253. The molecule has 2 aromatic carbocycles. The molecule has 1 heterocycles. The maximum atomic E-state index is 13.2. The van der Waals surface area contributed by atoms with Gasteiger partial charge in [0.25, 0.3) is 0 Å². The Hall–Kier alpha value is -1.31. The van der Waals surface area contributed by atoms with Gasteiger partial charge in [0, 0.05) is 23.1 Å². The van der Waals surface area contributed by atoms with Crippen LogP contribution in [-0.4, -0.2) is 39.5 Å². The first-order valence-corrected chi connectivity index (χ1v) is 10.6. The van der Waals surface area contributed by atoms with Gasteiger partial charge in [0.1, 0.15) is 5.75 Å². The molecule has 0 aromatic heterocycles. The van der Waals surface area contributed by atoms with Crippen molar-refractivity contribution in [1.82, 2.24) is 4.31 Å². The van der Waals surface area contributed by atoms with Crippen LogP contribution in [0.2, 0.25) is 10.0 Å². The zero-order valence-electron chi connectivity index (χ0n) is 15.3. The molecule has 0 N–H and O–H groups in total. The van der Waals surface area contributed by atoms with Crippen LogP contribution in [0.5, 0.6) is 5.75 Å². The molecule has 0 spiro atoms. The van der Waals surface area contributed by atoms with Gasteiger partial charge in [-0.3, -0.25) is 0 Å². The number of hydrogen-bond donors (Lipinski definition) is 0. The van der Waals surface area contributed by atoms with Crippen molar-refractivity contribution in [2.45, 2.75) is 24.8 Å². The van der Waals surface area contributed by atoms with Crippen molar-refractivity contribution >= 4 is 33.2 Å². The van der Waals surface area contributed by atoms with Gasteiger partial charge < -0.3 is 9.47 Å². The van der Waals surface area contributed by atoms with Gasteiger partial charge in [0.15, 0.2) is 0 Å². The molecular weight excluding hydrogens is 409 g/mol. The van der Waals surface area contributed by atoms with Gasteiger partial charge in [-0.1, -0.05) is 23.2 Å². The van der Waals surface area contributed by atoms with Crippen molar-refractivity contribution < 1.29 is 17.9 Å². The van der Waals surface area contributed by atoms with E-state index in [-0.39, 0.29) is 18.0 Å². The second kappa shape index (κ2) is 7.97. The number of ether oxygens (including phenoxy) is 2. The molecule has 0 bridgehead atoms. The number of halogens is 2. The summed E-state index contributed by atoms with van der Waals surface area (Å²) in [5.74, 6) is 0.697. The number of methoxy groups -OCH3 is 1. The summed E-state index contributed by atoms with van der Waals surface area (Å²) in [5, 5.41) is 0.977. The van der Waals surface area contributed by atoms with Crippen LogP contribution < -0.4 is 4.74 Å². The first-order valence-electron chi connectivity index (χ1n) is 8.45. The second-order valence-corrected chi connectivity index (χ2v) is 9.33. The molecule has 1 atom stereocenters. The lowest BCUT2D eigenvalue weighted by atomic mass is 10.1. The minimum atomic E-state index is -3.66. The Kier molecular flexibility index (Phi) is 6.03. The average molecular weight is 430 g/mol. The third kappa shape index (κ3) is 4.25. The number of aryl methyl sites for hydroxylation is 2. The molecule has 3 rings (SSSR count). The lowest BCUT2D eigenvalue weighted by Gasteiger charge is -2.32. The van der Waals surface area contributed by atoms with Gasteiger partial charge >= 0.3 is 0 Å². The number of morpholine rings is 1. The Labute approximate surface area is 169 Å². The summed E-state index contributed by atoms with van der Waals surface area (Å²) in [6.45, 7) is 4.45. The van der Waals surface area contributed by atoms with Crippen molar-refractivity contribution in [3.05, 3.63) is 57.1 Å². The Morgan fingerprint density at radius 3 is 2.22 bits per heavy atom. The van der Waals surface area contributed by atoms with Crippen molar-refractivity contribution in [3.8, 4) is 5.75 Å². The lowest BCUT2D eigenvalue weighted by Crippen LogP contribution is -2.42. The standard InChI is InChI=1S/C19H21Cl2NO4S/c1-12-6-17(7-13(2)19(12)25-3)27(23,24)22-4-5-26-18(11-22)14-8-15(20)10-16(21)9-14/h6-10,18H,4-5,11H2,1-3H3. The molecule has 0 radical (unpaired) electrons. The van der Waals surface area contributed by atoms with Gasteiger partial charge in [0.2, 0.25) is 10.0 Å². The zero-order chi connectivity index (χ0) is 19.8. The topological polar surface area (TPSA) is 55.8 Å². The molecule has 0 amide bonds. The summed E-state index contributed by atoms with van der Waals surface area (Å²) in [6, 6.07) is 8.41. The molecule has 0 saturated carbocycles. The van der Waals surface area contributed by atoms with Crippen molar-refractivity contribution in [2.75, 3.05) is 26.8 Å². The van der Waals surface area contributed by atoms with E-state index in [1.807, 2.05) is 13.8 Å². The highest BCUT2D eigenvalue weighted by Crippen LogP contribution is 2.32. The van der Waals surface area contributed by atoms with E-state index in [0.29, 0.717) is 22.4 Å². The van der Waals surface area contributed by atoms with Crippen molar-refractivity contribution in [3.63, 3.8) is 0 Å². The van der Waals surface area contributed by atoms with Crippen LogP contribution >= 0.6 is 23.2 Å². The highest BCUT2D eigenvalue weighted by molar-refractivity contribution is 7.89. The maximum Gasteiger partial charge on any atom is 0.243 e. The van der Waals surface area contributed by atoms with Gasteiger partial charge in [-0.25, -0.2) is 8.42 Å². The molecular formula is C19H21Cl2NO4S. The molecule has 1 saturated heterocycles. The molecule has 1 fully saturated rings. The molecule has 0 aliphatic carbocycles. The lowest BCUT2D eigenvalue weighted by molar-refractivity contribution is -0.00254. The van der Waals surface area contributed by atoms with E-state index in [1.165, 1.54) is 4.31 Å². The fraction of sp³-hybridized carbons (Fsp3) is 0.368. The van der Waals surface area contributed by atoms with Crippen LogP contribution in [0.1, 0.15) is 22.8 Å². The molecule has 1 aliphatic rings. The number of benzene rings is 2. The predicted octanol–water partition coefficient (Wildman–Crippen LogP) is 4.38. The molecule has 27 heavy (non-hydrogen) atoms. The van der Waals surface area contributed by atoms with Crippen LogP contribution in [0.25, 0.3) is 0 Å². The fourth-order valence-electron chi connectivity index (χ4n) is 3.34. The average Bonchev–Trinajstić information content (AvgIpc) is 2.60. The third-order valence-corrected chi connectivity index (χ3v) is 6.84. The van der Waals surface area contributed by atoms with Gasteiger partial charge in [-0.15, -0.1) is 0 Å². The summed E-state index contributed by atoms with van der Waals surface area (Å²) in [7, 11) is -2.09. The normalized spacial score (nSPS) is 18.5. The molecule has 8 heteroatoms. The van der Waals surface area contributed by atoms with Crippen LogP contribution in [-0.2, 0) is 14.8 Å². The monoisotopic (exact) mass is 429 g/mol. The molecule has 2 aromatic rings. The molecule has 1 aliphatic heterocycles. The number of nitrogens with zero attached hydrogens (tertiary/aromatic N) is 1. The van der Waals surface area contributed by atoms with Crippen molar-refractivity contribution in [1.29, 1.82) is 0 Å². The van der Waals surface area contributed by atoms with E-state index in [4.69, 9.17) is 32.7 Å². The largest absolute Gasteiger partial charge is 0.496 e. The maximum absolute atomic E-state index is 13.2. The summed E-state index contributed by atoms with van der Waals surface area (Å²) in [5.41, 5.74) is 2.32. The number of sulfonamides is 1. The first kappa shape index (κ1) is 20.4. The van der Waals surface area contributed by atoms with E-state index in [1.54, 1.807) is 37.4 Å². The van der Waals surface area contributed by atoms with Crippen LogP contribution in [0.15, 0.2) is 35.2 Å². The fourth-order valence-corrected chi connectivity index (χ4v) is 5.48. The Balaban J connectivity index is 1.91. The Morgan fingerprint density at radius 2 is 1.67 bits per heavy atom. The van der Waals surface area contributed by atoms with Crippen molar-refractivity contribution in [2.24, 2.45) is 0 Å². The van der Waals surface area contributed by atoms with E-state index in [2.05, 4.69) is 0 Å². The molecule has 146 valence electrons. The highest BCUT2D eigenvalue weighted by atomic mass is 35.5. The second-order valence-electron chi connectivity index (χ2n) is 6.52. The first-order chi connectivity index (χ1) is 12.7.